The Hall–Kier alpha value is -1.66. The first-order chi connectivity index (χ1) is 31.0. The molecule has 0 bridgehead atoms. The van der Waals surface area contributed by atoms with Crippen LogP contribution in [-0.2, 0) is 14.3 Å². The van der Waals surface area contributed by atoms with Crippen LogP contribution in [0.3, 0.4) is 0 Å². The van der Waals surface area contributed by atoms with E-state index in [0.717, 1.165) is 77.0 Å². The lowest BCUT2D eigenvalue weighted by Gasteiger charge is -2.22. The maximum atomic E-state index is 12.5. The van der Waals surface area contributed by atoms with E-state index in [2.05, 4.69) is 43.5 Å². The minimum atomic E-state index is -0.681. The second-order valence-corrected chi connectivity index (χ2v) is 19.3. The van der Waals surface area contributed by atoms with E-state index in [4.69, 9.17) is 4.74 Å². The van der Waals surface area contributed by atoms with Crippen molar-refractivity contribution in [3.05, 3.63) is 24.3 Å². The average molecular weight is 889 g/mol. The quantitative estimate of drug-likeness (QED) is 0.0321. The summed E-state index contributed by atoms with van der Waals surface area (Å²) >= 11 is 0. The molecule has 0 fully saturated rings. The van der Waals surface area contributed by atoms with Gasteiger partial charge in [-0.15, -0.1) is 0 Å². The van der Waals surface area contributed by atoms with Gasteiger partial charge in [0.15, 0.2) is 0 Å². The van der Waals surface area contributed by atoms with Crippen LogP contribution in [0.2, 0.25) is 0 Å². The third-order valence-electron chi connectivity index (χ3n) is 13.0. The van der Waals surface area contributed by atoms with Gasteiger partial charge in [-0.2, -0.15) is 0 Å². The van der Waals surface area contributed by atoms with Gasteiger partial charge in [0.25, 0.3) is 0 Å². The molecule has 6 nitrogen and oxygen atoms in total. The zero-order chi connectivity index (χ0) is 45.8. The van der Waals surface area contributed by atoms with Crippen LogP contribution < -0.4 is 5.32 Å². The molecule has 0 saturated carbocycles. The number of amides is 1. The molecule has 63 heavy (non-hydrogen) atoms. The van der Waals surface area contributed by atoms with Gasteiger partial charge >= 0.3 is 5.97 Å². The number of hydrogen-bond donors (Lipinski definition) is 3. The summed E-state index contributed by atoms with van der Waals surface area (Å²) in [6.07, 6.45) is 63.0. The highest BCUT2D eigenvalue weighted by molar-refractivity contribution is 5.76. The summed E-state index contributed by atoms with van der Waals surface area (Å²) in [6, 6.07) is -0.560. The summed E-state index contributed by atoms with van der Waals surface area (Å²) in [4.78, 5) is 24.5. The van der Waals surface area contributed by atoms with Crippen LogP contribution >= 0.6 is 0 Å². The first-order valence-corrected chi connectivity index (χ1v) is 28.1. The molecular formula is C57H109NO5. The normalized spacial score (nSPS) is 12.8. The van der Waals surface area contributed by atoms with Crippen molar-refractivity contribution in [2.45, 2.75) is 315 Å². The summed E-state index contributed by atoms with van der Waals surface area (Å²) < 4.78 is 5.46. The maximum absolute atomic E-state index is 12.5. The van der Waals surface area contributed by atoms with E-state index >= 15 is 0 Å². The number of esters is 1. The molecule has 2 unspecified atom stereocenters. The van der Waals surface area contributed by atoms with Gasteiger partial charge < -0.3 is 20.3 Å². The van der Waals surface area contributed by atoms with Gasteiger partial charge in [-0.25, -0.2) is 0 Å². The topological polar surface area (TPSA) is 95.9 Å². The Kier molecular flexibility index (Phi) is 51.6. The largest absolute Gasteiger partial charge is 0.466 e. The Labute approximate surface area is 392 Å². The molecule has 6 heteroatoms. The lowest BCUT2D eigenvalue weighted by Crippen LogP contribution is -2.45. The van der Waals surface area contributed by atoms with Crippen LogP contribution in [0.1, 0.15) is 303 Å². The fraction of sp³-hybridized carbons (Fsp3) is 0.895. The molecule has 0 aromatic carbocycles. The molecule has 0 rings (SSSR count). The number of allylic oxidation sites excluding steroid dienone is 4. The molecule has 0 aliphatic carbocycles. The van der Waals surface area contributed by atoms with Crippen molar-refractivity contribution in [2.75, 3.05) is 13.2 Å². The van der Waals surface area contributed by atoms with Crippen molar-refractivity contribution in [1.29, 1.82) is 0 Å². The lowest BCUT2D eigenvalue weighted by molar-refractivity contribution is -0.143. The van der Waals surface area contributed by atoms with Crippen LogP contribution in [0.15, 0.2) is 24.3 Å². The van der Waals surface area contributed by atoms with E-state index in [9.17, 15) is 19.8 Å². The highest BCUT2D eigenvalue weighted by Crippen LogP contribution is 2.17. The van der Waals surface area contributed by atoms with E-state index in [1.54, 1.807) is 0 Å². The van der Waals surface area contributed by atoms with Crippen molar-refractivity contribution < 1.29 is 24.5 Å². The van der Waals surface area contributed by atoms with Gasteiger partial charge in [0.1, 0.15) is 0 Å². The molecule has 0 radical (unpaired) electrons. The van der Waals surface area contributed by atoms with Crippen LogP contribution in [0, 0.1) is 0 Å². The Bertz CT molecular complexity index is 982. The summed E-state index contributed by atoms with van der Waals surface area (Å²) in [5.41, 5.74) is 0. The standard InChI is InChI=1S/C57H109NO5/c1-3-5-7-9-11-13-15-17-19-21-23-25-29-33-37-41-45-49-55(60)54(53-59)58-56(61)50-46-42-38-34-30-27-28-32-36-40-44-48-52-63-57(62)51-47-43-39-35-31-26-24-22-20-18-16-14-12-10-8-6-4-2/h18,20,28,32,54-55,59-60H,3-17,19,21-27,29-31,33-53H2,1-2H3,(H,58,61)/b20-18-,32-28-. The number of carbonyl (C=O) groups is 2. The van der Waals surface area contributed by atoms with Crippen molar-refractivity contribution in [3.63, 3.8) is 0 Å². The van der Waals surface area contributed by atoms with Crippen LogP contribution in [0.5, 0.6) is 0 Å². The number of hydrogen-bond acceptors (Lipinski definition) is 5. The number of ether oxygens (including phenoxy) is 1. The Balaban J connectivity index is 3.49. The zero-order valence-electron chi connectivity index (χ0n) is 42.3. The van der Waals surface area contributed by atoms with Crippen molar-refractivity contribution in [1.82, 2.24) is 5.32 Å². The molecule has 3 N–H and O–H groups in total. The fourth-order valence-electron chi connectivity index (χ4n) is 8.63. The van der Waals surface area contributed by atoms with Crippen molar-refractivity contribution in [2.24, 2.45) is 0 Å². The summed E-state index contributed by atoms with van der Waals surface area (Å²) in [5.74, 6) is -0.0850. The Morgan fingerprint density at radius 3 is 1.13 bits per heavy atom. The molecule has 2 atom stereocenters. The van der Waals surface area contributed by atoms with Crippen LogP contribution in [0.4, 0.5) is 0 Å². The molecule has 0 saturated heterocycles. The van der Waals surface area contributed by atoms with E-state index in [1.807, 2.05) is 0 Å². The second-order valence-electron chi connectivity index (χ2n) is 19.3. The maximum Gasteiger partial charge on any atom is 0.305 e. The van der Waals surface area contributed by atoms with Gasteiger partial charge in [0, 0.05) is 12.8 Å². The number of rotatable bonds is 52. The minimum Gasteiger partial charge on any atom is -0.466 e. The first-order valence-electron chi connectivity index (χ1n) is 28.1. The highest BCUT2D eigenvalue weighted by Gasteiger charge is 2.20. The summed E-state index contributed by atoms with van der Waals surface area (Å²) in [5, 5.41) is 23.3. The van der Waals surface area contributed by atoms with Gasteiger partial charge in [0.05, 0.1) is 25.4 Å². The fourth-order valence-corrected chi connectivity index (χ4v) is 8.63. The number of unbranched alkanes of at least 4 members (excludes halogenated alkanes) is 37. The van der Waals surface area contributed by atoms with E-state index in [-0.39, 0.29) is 18.5 Å². The number of carbonyl (C=O) groups excluding carboxylic acids is 2. The average Bonchev–Trinajstić information content (AvgIpc) is 3.28. The van der Waals surface area contributed by atoms with Gasteiger partial charge in [-0.05, 0) is 83.5 Å². The first kappa shape index (κ1) is 61.3. The summed E-state index contributed by atoms with van der Waals surface area (Å²) in [7, 11) is 0. The SMILES string of the molecule is CCCCCCCC/C=C\CCCCCCCCCC(=O)OCCCCC/C=C\CCCCCCCC(=O)NC(CO)C(O)CCCCCCCCCCCCCCCCCCC. The predicted molar refractivity (Wildman–Crippen MR) is 273 cm³/mol. The number of aliphatic hydroxyl groups is 2. The molecular weight excluding hydrogens is 779 g/mol. The van der Waals surface area contributed by atoms with Gasteiger partial charge in [-0.3, -0.25) is 9.59 Å². The molecule has 0 heterocycles. The third kappa shape index (κ3) is 49.6. The Morgan fingerprint density at radius 2 is 0.746 bits per heavy atom. The van der Waals surface area contributed by atoms with E-state index < -0.39 is 12.1 Å². The molecule has 0 spiro atoms. The molecule has 372 valence electrons. The molecule has 0 aromatic heterocycles. The molecule has 0 aliphatic rings. The number of nitrogens with one attached hydrogen (secondary N) is 1. The number of aliphatic hydroxyl groups excluding tert-OH is 2. The zero-order valence-corrected chi connectivity index (χ0v) is 42.3. The molecule has 1 amide bonds. The smallest absolute Gasteiger partial charge is 0.305 e. The Morgan fingerprint density at radius 1 is 0.429 bits per heavy atom. The molecule has 0 aliphatic heterocycles. The second kappa shape index (κ2) is 53.0. The van der Waals surface area contributed by atoms with E-state index in [0.29, 0.717) is 25.9 Å². The summed E-state index contributed by atoms with van der Waals surface area (Å²) in [6.45, 7) is 4.90. The van der Waals surface area contributed by atoms with Gasteiger partial charge in [-0.1, -0.05) is 231 Å². The van der Waals surface area contributed by atoms with E-state index in [1.165, 1.54) is 193 Å². The minimum absolute atomic E-state index is 0.0257. The predicted octanol–water partition coefficient (Wildman–Crippen LogP) is 17.1. The third-order valence-corrected chi connectivity index (χ3v) is 13.0. The van der Waals surface area contributed by atoms with Crippen LogP contribution in [0.25, 0.3) is 0 Å². The monoisotopic (exact) mass is 888 g/mol. The van der Waals surface area contributed by atoms with Crippen molar-refractivity contribution >= 4 is 11.9 Å². The van der Waals surface area contributed by atoms with Gasteiger partial charge in [0.2, 0.25) is 5.91 Å². The van der Waals surface area contributed by atoms with Crippen LogP contribution in [-0.4, -0.2) is 47.4 Å². The highest BCUT2D eigenvalue weighted by atomic mass is 16.5. The molecule has 0 aromatic rings. The van der Waals surface area contributed by atoms with Crippen molar-refractivity contribution in [3.8, 4) is 0 Å². The lowest BCUT2D eigenvalue weighted by atomic mass is 10.0.